The van der Waals surface area contributed by atoms with E-state index >= 15 is 0 Å². The Morgan fingerprint density at radius 2 is 1.80 bits per heavy atom. The van der Waals surface area contributed by atoms with E-state index in [0.717, 1.165) is 19.4 Å². The molecule has 3 nitrogen and oxygen atoms in total. The molecule has 0 spiro atoms. The molecular formula is C16H31N3S. The Labute approximate surface area is 128 Å². The maximum absolute atomic E-state index is 4.32. The average molecular weight is 298 g/mol. The number of aryl methyl sites for hydroxylation is 1. The first-order chi connectivity index (χ1) is 9.83. The lowest BCUT2D eigenvalue weighted by Gasteiger charge is -2.17. The molecule has 1 heterocycles. The van der Waals surface area contributed by atoms with Gasteiger partial charge in [0.2, 0.25) is 0 Å². The van der Waals surface area contributed by atoms with Gasteiger partial charge < -0.3 is 5.32 Å². The Balaban J connectivity index is 2.51. The van der Waals surface area contributed by atoms with E-state index in [1.807, 2.05) is 0 Å². The van der Waals surface area contributed by atoms with Gasteiger partial charge in [-0.1, -0.05) is 63.8 Å². The van der Waals surface area contributed by atoms with Gasteiger partial charge in [-0.3, -0.25) is 0 Å². The van der Waals surface area contributed by atoms with Gasteiger partial charge in [-0.05, 0) is 37.3 Å². The molecule has 0 saturated heterocycles. The van der Waals surface area contributed by atoms with Gasteiger partial charge in [-0.25, -0.2) is 0 Å². The van der Waals surface area contributed by atoms with Crippen LogP contribution in [0.15, 0.2) is 0 Å². The molecule has 116 valence electrons. The second kappa shape index (κ2) is 11.2. The fourth-order valence-electron chi connectivity index (χ4n) is 2.49. The van der Waals surface area contributed by atoms with Crippen LogP contribution in [0, 0.1) is 0 Å². The summed E-state index contributed by atoms with van der Waals surface area (Å²) in [4.78, 5) is 1.38. The summed E-state index contributed by atoms with van der Waals surface area (Å²) in [5.74, 6) is 0. The molecule has 1 atom stereocenters. The van der Waals surface area contributed by atoms with Crippen LogP contribution in [0.3, 0.4) is 0 Å². The summed E-state index contributed by atoms with van der Waals surface area (Å²) in [5.41, 5.74) is 1.22. The highest BCUT2D eigenvalue weighted by Crippen LogP contribution is 2.26. The molecular weight excluding hydrogens is 266 g/mol. The molecule has 0 bridgehead atoms. The molecule has 4 heteroatoms. The number of unbranched alkanes of at least 4 members (excludes halogenated alkanes) is 4. The Hall–Kier alpha value is -0.480. The molecule has 1 rings (SSSR count). The van der Waals surface area contributed by atoms with Gasteiger partial charge in [0.1, 0.15) is 0 Å². The lowest BCUT2D eigenvalue weighted by atomic mass is 10.0. The van der Waals surface area contributed by atoms with E-state index in [4.69, 9.17) is 0 Å². The van der Waals surface area contributed by atoms with Crippen molar-refractivity contribution in [2.45, 2.75) is 84.6 Å². The summed E-state index contributed by atoms with van der Waals surface area (Å²) in [5, 5.41) is 8.01. The van der Waals surface area contributed by atoms with Gasteiger partial charge in [0, 0.05) is 6.04 Å². The number of hydrogen-bond donors (Lipinski definition) is 1. The van der Waals surface area contributed by atoms with Crippen LogP contribution in [-0.4, -0.2) is 16.1 Å². The number of nitrogens with zero attached hydrogens (tertiary/aromatic N) is 2. The van der Waals surface area contributed by atoms with E-state index in [1.165, 1.54) is 55.5 Å². The second-order valence-electron chi connectivity index (χ2n) is 5.54. The van der Waals surface area contributed by atoms with Gasteiger partial charge >= 0.3 is 0 Å². The van der Waals surface area contributed by atoms with Crippen LogP contribution >= 0.6 is 11.5 Å². The van der Waals surface area contributed by atoms with Gasteiger partial charge in [-0.2, -0.15) is 0 Å². The van der Waals surface area contributed by atoms with E-state index in [9.17, 15) is 0 Å². The lowest BCUT2D eigenvalue weighted by molar-refractivity contribution is 0.470. The summed E-state index contributed by atoms with van der Waals surface area (Å²) in [6.07, 6.45) is 11.3. The minimum absolute atomic E-state index is 0.470. The third-order valence-corrected chi connectivity index (χ3v) is 4.51. The highest BCUT2D eigenvalue weighted by atomic mass is 32.1. The van der Waals surface area contributed by atoms with Crippen molar-refractivity contribution < 1.29 is 0 Å². The largest absolute Gasteiger partial charge is 0.309 e. The molecule has 1 aromatic heterocycles. The predicted octanol–water partition coefficient (Wildman–Crippen LogP) is 4.89. The first-order valence-electron chi connectivity index (χ1n) is 8.37. The van der Waals surface area contributed by atoms with Gasteiger partial charge in [-0.15, -0.1) is 5.10 Å². The maximum atomic E-state index is 4.32. The predicted molar refractivity (Wildman–Crippen MR) is 88.3 cm³/mol. The van der Waals surface area contributed by atoms with Crippen molar-refractivity contribution in [3.8, 4) is 0 Å². The third-order valence-electron chi connectivity index (χ3n) is 3.63. The Bertz CT molecular complexity index is 338. The number of rotatable bonds is 12. The first kappa shape index (κ1) is 17.6. The maximum Gasteiger partial charge on any atom is 0.0803 e. The zero-order valence-corrected chi connectivity index (χ0v) is 14.3. The van der Waals surface area contributed by atoms with E-state index in [0.29, 0.717) is 6.04 Å². The van der Waals surface area contributed by atoms with Gasteiger partial charge in [0.15, 0.2) is 0 Å². The fourth-order valence-corrected chi connectivity index (χ4v) is 3.29. The van der Waals surface area contributed by atoms with Crippen molar-refractivity contribution in [2.24, 2.45) is 0 Å². The molecule has 1 unspecified atom stereocenters. The monoisotopic (exact) mass is 297 g/mol. The van der Waals surface area contributed by atoms with E-state index in [1.54, 1.807) is 11.5 Å². The number of nitrogens with one attached hydrogen (secondary N) is 1. The van der Waals surface area contributed by atoms with E-state index < -0.39 is 0 Å². The van der Waals surface area contributed by atoms with Crippen LogP contribution in [-0.2, 0) is 6.42 Å². The second-order valence-corrected chi connectivity index (χ2v) is 6.33. The normalized spacial score (nSPS) is 12.8. The van der Waals surface area contributed by atoms with Gasteiger partial charge in [0.05, 0.1) is 10.6 Å². The van der Waals surface area contributed by atoms with Crippen LogP contribution in [0.5, 0.6) is 0 Å². The van der Waals surface area contributed by atoms with Crippen LogP contribution < -0.4 is 5.32 Å². The zero-order chi connectivity index (χ0) is 14.6. The van der Waals surface area contributed by atoms with Crippen molar-refractivity contribution in [3.63, 3.8) is 0 Å². The molecule has 0 radical (unpaired) electrons. The van der Waals surface area contributed by atoms with Crippen molar-refractivity contribution in [1.82, 2.24) is 14.9 Å². The summed E-state index contributed by atoms with van der Waals surface area (Å²) in [6, 6.07) is 0.470. The van der Waals surface area contributed by atoms with Crippen molar-refractivity contribution in [2.75, 3.05) is 6.54 Å². The fraction of sp³-hybridized carbons (Fsp3) is 0.875. The van der Waals surface area contributed by atoms with E-state index in [2.05, 4.69) is 35.7 Å². The molecule has 0 saturated carbocycles. The summed E-state index contributed by atoms with van der Waals surface area (Å²) in [6.45, 7) is 7.79. The quantitative estimate of drug-likeness (QED) is 0.558. The Kier molecular flexibility index (Phi) is 9.85. The van der Waals surface area contributed by atoms with E-state index in [-0.39, 0.29) is 0 Å². The molecule has 0 aliphatic carbocycles. The smallest absolute Gasteiger partial charge is 0.0803 e. The lowest BCUT2D eigenvalue weighted by Crippen LogP contribution is -2.22. The van der Waals surface area contributed by atoms with Crippen LogP contribution in [0.1, 0.15) is 88.8 Å². The number of aromatic nitrogens is 2. The van der Waals surface area contributed by atoms with Crippen LogP contribution in [0.25, 0.3) is 0 Å². The molecule has 1 aromatic rings. The van der Waals surface area contributed by atoms with Crippen LogP contribution in [0.2, 0.25) is 0 Å². The number of hydrogen-bond acceptors (Lipinski definition) is 4. The summed E-state index contributed by atoms with van der Waals surface area (Å²) in [7, 11) is 0. The third kappa shape index (κ3) is 6.31. The zero-order valence-electron chi connectivity index (χ0n) is 13.5. The molecule has 1 N–H and O–H groups in total. The first-order valence-corrected chi connectivity index (χ1v) is 9.15. The Morgan fingerprint density at radius 3 is 2.50 bits per heavy atom. The SMILES string of the molecule is CCCCCCCC(NCCC)c1snnc1CCC. The highest BCUT2D eigenvalue weighted by Gasteiger charge is 2.17. The molecule has 0 aliphatic heterocycles. The summed E-state index contributed by atoms with van der Waals surface area (Å²) >= 11 is 1.59. The molecule has 0 aliphatic rings. The Morgan fingerprint density at radius 1 is 1.00 bits per heavy atom. The highest BCUT2D eigenvalue weighted by molar-refractivity contribution is 7.05. The topological polar surface area (TPSA) is 37.8 Å². The molecule has 0 amide bonds. The van der Waals surface area contributed by atoms with Crippen molar-refractivity contribution in [1.29, 1.82) is 0 Å². The van der Waals surface area contributed by atoms with Crippen molar-refractivity contribution >= 4 is 11.5 Å². The summed E-state index contributed by atoms with van der Waals surface area (Å²) < 4.78 is 4.18. The molecule has 0 aromatic carbocycles. The molecule has 20 heavy (non-hydrogen) atoms. The minimum Gasteiger partial charge on any atom is -0.309 e. The van der Waals surface area contributed by atoms with Crippen molar-refractivity contribution in [3.05, 3.63) is 10.6 Å². The average Bonchev–Trinajstić information content (AvgIpc) is 2.90. The standard InChI is InChI=1S/C16H31N3S/c1-4-7-8-9-10-12-14(17-13-6-3)16-15(11-5-2)18-19-20-16/h14,17H,4-13H2,1-3H3. The minimum atomic E-state index is 0.470. The van der Waals surface area contributed by atoms with Gasteiger partial charge in [0.25, 0.3) is 0 Å². The molecule has 0 fully saturated rings. The van der Waals surface area contributed by atoms with Crippen LogP contribution in [0.4, 0.5) is 0 Å².